The zero-order valence-corrected chi connectivity index (χ0v) is 12.3. The molecule has 1 aromatic rings. The molecule has 0 aromatic carbocycles. The third kappa shape index (κ3) is 2.45. The van der Waals surface area contributed by atoms with Crippen molar-refractivity contribution in [2.45, 2.75) is 37.0 Å². The number of primary sulfonamides is 1. The minimum absolute atomic E-state index is 0.0349. The quantitative estimate of drug-likeness (QED) is 0.885. The van der Waals surface area contributed by atoms with Crippen molar-refractivity contribution in [1.29, 1.82) is 0 Å². The molecule has 2 rings (SSSR count). The van der Waals surface area contributed by atoms with Gasteiger partial charge in [-0.15, -0.1) is 0 Å². The first-order valence-corrected chi connectivity index (χ1v) is 8.31. The molecule has 0 spiro atoms. The number of nitrogens with one attached hydrogen (secondary N) is 1. The minimum atomic E-state index is -3.78. The van der Waals surface area contributed by atoms with E-state index in [1.807, 2.05) is 6.92 Å². The lowest BCUT2D eigenvalue weighted by atomic mass is 9.82. The van der Waals surface area contributed by atoms with Crippen LogP contribution < -0.4 is 10.5 Å². The van der Waals surface area contributed by atoms with E-state index in [2.05, 4.69) is 19.2 Å². The monoisotopic (exact) mass is 290 g/mol. The molecule has 0 amide bonds. The molecular formula is C11H18N2O3S2. The van der Waals surface area contributed by atoms with Gasteiger partial charge in [-0.1, -0.05) is 32.5 Å². The normalized spacial score (nSPS) is 22.8. The van der Waals surface area contributed by atoms with Gasteiger partial charge in [0.1, 0.15) is 0 Å². The molecule has 0 aliphatic carbocycles. The lowest BCUT2D eigenvalue weighted by Gasteiger charge is -2.37. The fourth-order valence-corrected chi connectivity index (χ4v) is 3.87. The van der Waals surface area contributed by atoms with Gasteiger partial charge in [-0.2, -0.15) is 0 Å². The van der Waals surface area contributed by atoms with Crippen LogP contribution in [0, 0.1) is 5.41 Å². The van der Waals surface area contributed by atoms with Crippen LogP contribution in [0.15, 0.2) is 20.7 Å². The maximum atomic E-state index is 11.3. The lowest BCUT2D eigenvalue weighted by molar-refractivity contribution is 0.262. The zero-order chi connectivity index (χ0) is 13.6. The third-order valence-corrected chi connectivity index (χ3v) is 5.29. The van der Waals surface area contributed by atoms with Gasteiger partial charge in [-0.3, -0.25) is 0 Å². The summed E-state index contributed by atoms with van der Waals surface area (Å²) in [5.41, 5.74) is 0.926. The van der Waals surface area contributed by atoms with E-state index in [0.717, 1.165) is 17.9 Å². The molecule has 0 bridgehead atoms. The molecule has 2 heterocycles. The molecule has 0 saturated carbocycles. The average molecular weight is 290 g/mol. The Balaban J connectivity index is 2.48. The highest BCUT2D eigenvalue weighted by Gasteiger charge is 2.39. The van der Waals surface area contributed by atoms with Crippen LogP contribution in [0.4, 0.5) is 0 Å². The molecule has 3 N–H and O–H groups in total. The van der Waals surface area contributed by atoms with Crippen molar-refractivity contribution in [3.63, 3.8) is 0 Å². The molecule has 5 nitrogen and oxygen atoms in total. The van der Waals surface area contributed by atoms with Crippen molar-refractivity contribution in [1.82, 2.24) is 5.32 Å². The average Bonchev–Trinajstić information content (AvgIpc) is 2.66. The minimum Gasteiger partial charge on any atom is -0.437 e. The van der Waals surface area contributed by atoms with E-state index in [0.29, 0.717) is 5.09 Å². The first-order valence-electron chi connectivity index (χ1n) is 5.78. The summed E-state index contributed by atoms with van der Waals surface area (Å²) in [6, 6.07) is 1.63. The number of sulfonamides is 1. The Morgan fingerprint density at radius 1 is 1.61 bits per heavy atom. The van der Waals surface area contributed by atoms with Gasteiger partial charge >= 0.3 is 0 Å². The number of rotatable bonds is 3. The molecule has 1 aromatic heterocycles. The summed E-state index contributed by atoms with van der Waals surface area (Å²) in [6.07, 6.45) is 0. The highest BCUT2D eigenvalue weighted by molar-refractivity contribution is 7.99. The van der Waals surface area contributed by atoms with Gasteiger partial charge < -0.3 is 9.73 Å². The van der Waals surface area contributed by atoms with Crippen LogP contribution in [0.5, 0.6) is 0 Å². The van der Waals surface area contributed by atoms with Gasteiger partial charge in [-0.25, -0.2) is 13.6 Å². The maximum absolute atomic E-state index is 11.3. The van der Waals surface area contributed by atoms with Crippen molar-refractivity contribution < 1.29 is 12.8 Å². The SMILES string of the molecule is CCNC1c2cc(S(N)(=O)=O)oc2SCC1(C)C. The van der Waals surface area contributed by atoms with Crippen molar-refractivity contribution in [3.05, 3.63) is 11.6 Å². The Morgan fingerprint density at radius 2 is 2.28 bits per heavy atom. The molecule has 1 unspecified atom stereocenters. The van der Waals surface area contributed by atoms with Crippen LogP contribution in [0.25, 0.3) is 0 Å². The summed E-state index contributed by atoms with van der Waals surface area (Å²) in [4.78, 5) is 0. The Bertz CT molecular complexity index is 549. The molecule has 0 saturated heterocycles. The Hall–Kier alpha value is -0.500. The molecule has 0 fully saturated rings. The number of nitrogens with two attached hydrogens (primary N) is 1. The van der Waals surface area contributed by atoms with E-state index in [1.54, 1.807) is 6.07 Å². The van der Waals surface area contributed by atoms with E-state index in [-0.39, 0.29) is 16.5 Å². The third-order valence-electron chi connectivity index (χ3n) is 3.06. The molecule has 102 valence electrons. The first-order chi connectivity index (χ1) is 8.25. The molecule has 1 aliphatic rings. The van der Waals surface area contributed by atoms with Gasteiger partial charge in [0.25, 0.3) is 10.0 Å². The smallest absolute Gasteiger partial charge is 0.271 e. The topological polar surface area (TPSA) is 85.3 Å². The zero-order valence-electron chi connectivity index (χ0n) is 10.7. The van der Waals surface area contributed by atoms with Crippen LogP contribution in [0.2, 0.25) is 0 Å². The van der Waals surface area contributed by atoms with Crippen LogP contribution in [-0.4, -0.2) is 20.7 Å². The molecule has 7 heteroatoms. The van der Waals surface area contributed by atoms with Crippen LogP contribution in [0.3, 0.4) is 0 Å². The van der Waals surface area contributed by atoms with E-state index in [1.165, 1.54) is 11.8 Å². The summed E-state index contributed by atoms with van der Waals surface area (Å²) < 4.78 is 28.0. The summed E-state index contributed by atoms with van der Waals surface area (Å²) in [7, 11) is -3.78. The number of thioether (sulfide) groups is 1. The number of furan rings is 1. The van der Waals surface area contributed by atoms with Gasteiger partial charge in [0.2, 0.25) is 5.09 Å². The van der Waals surface area contributed by atoms with E-state index >= 15 is 0 Å². The second kappa shape index (κ2) is 4.56. The largest absolute Gasteiger partial charge is 0.437 e. The van der Waals surface area contributed by atoms with E-state index < -0.39 is 10.0 Å². The summed E-state index contributed by atoms with van der Waals surface area (Å²) in [5.74, 6) is 0.870. The molecule has 18 heavy (non-hydrogen) atoms. The molecule has 0 radical (unpaired) electrons. The summed E-state index contributed by atoms with van der Waals surface area (Å²) >= 11 is 1.54. The highest BCUT2D eigenvalue weighted by atomic mass is 32.2. The predicted octanol–water partition coefficient (Wildman–Crippen LogP) is 1.71. The number of hydrogen-bond acceptors (Lipinski definition) is 5. The predicted molar refractivity (Wildman–Crippen MR) is 71.0 cm³/mol. The fourth-order valence-electron chi connectivity index (χ4n) is 2.17. The van der Waals surface area contributed by atoms with Gasteiger partial charge in [0, 0.05) is 23.4 Å². The van der Waals surface area contributed by atoms with E-state index in [9.17, 15) is 8.42 Å². The molecule has 1 atom stereocenters. The van der Waals surface area contributed by atoms with Crippen LogP contribution >= 0.6 is 11.8 Å². The van der Waals surface area contributed by atoms with Gasteiger partial charge in [0.15, 0.2) is 5.09 Å². The van der Waals surface area contributed by atoms with Gasteiger partial charge in [0.05, 0.1) is 0 Å². The summed E-state index contributed by atoms with van der Waals surface area (Å²) in [5, 5.41) is 9.00. The maximum Gasteiger partial charge on any atom is 0.271 e. The summed E-state index contributed by atoms with van der Waals surface area (Å²) in [6.45, 7) is 7.14. The Morgan fingerprint density at radius 3 is 2.83 bits per heavy atom. The second-order valence-electron chi connectivity index (χ2n) is 5.12. The van der Waals surface area contributed by atoms with Crippen molar-refractivity contribution in [2.24, 2.45) is 10.6 Å². The first kappa shape index (κ1) is 13.9. The number of hydrogen-bond donors (Lipinski definition) is 2. The highest BCUT2D eigenvalue weighted by Crippen LogP contribution is 2.48. The standard InChI is InChI=1S/C11H18N2O3S2/c1-4-13-9-7-5-8(18(12,14)15)16-10(7)17-6-11(9,2)3/h5,9,13H,4,6H2,1-3H3,(H2,12,14,15). The molecule has 1 aliphatic heterocycles. The van der Waals surface area contributed by atoms with Crippen molar-refractivity contribution in [2.75, 3.05) is 12.3 Å². The van der Waals surface area contributed by atoms with Crippen LogP contribution in [0.1, 0.15) is 32.4 Å². The fraction of sp³-hybridized carbons (Fsp3) is 0.636. The van der Waals surface area contributed by atoms with Gasteiger partial charge in [-0.05, 0) is 12.0 Å². The Labute approximate surface area is 112 Å². The number of fused-ring (bicyclic) bond motifs is 1. The van der Waals surface area contributed by atoms with Crippen molar-refractivity contribution in [3.8, 4) is 0 Å². The molecular weight excluding hydrogens is 272 g/mol. The van der Waals surface area contributed by atoms with Crippen LogP contribution in [-0.2, 0) is 10.0 Å². The Kier molecular flexibility index (Phi) is 3.52. The lowest BCUT2D eigenvalue weighted by Crippen LogP contribution is -2.38. The van der Waals surface area contributed by atoms with E-state index in [4.69, 9.17) is 9.56 Å². The second-order valence-corrected chi connectivity index (χ2v) is 7.56. The van der Waals surface area contributed by atoms with Crippen molar-refractivity contribution >= 4 is 21.8 Å².